The Morgan fingerprint density at radius 1 is 0.750 bits per heavy atom. The molecule has 3 rings (SSSR count). The number of benzene rings is 3. The highest BCUT2D eigenvalue weighted by Crippen LogP contribution is 2.40. The van der Waals surface area contributed by atoms with Gasteiger partial charge in [-0.3, -0.25) is 0 Å². The maximum Gasteiger partial charge on any atom is 0.171 e. The molecule has 0 aliphatic heterocycles. The first-order chi connectivity index (χ1) is 20.3. The van der Waals surface area contributed by atoms with Crippen molar-refractivity contribution >= 4 is 92.4 Å². The Kier molecular flexibility index (Phi) is 14.1. The topological polar surface area (TPSA) is 88.6 Å². The van der Waals surface area contributed by atoms with Crippen LogP contribution in [0.1, 0.15) is 57.7 Å². The summed E-state index contributed by atoms with van der Waals surface area (Å²) in [5.74, 6) is -0.114. The standard InChI is InChI=1S/C16H16Cl2N2OS.C16H24Cl2N2OS/c1-10-12(17)9-13(15(21)14(10)18)20-16(22)19-8-7-11-5-3-2-4-6-11;1-9-10(17)7-11(13(21)12(9)18)19-14(22)20-16(5,6)8-15(2,3)4/h2-6,9,21H,7-8H2,1H3,(H2,19,20,22);7,21H,8H2,1-6H3,(H2,19,20,22). The van der Waals surface area contributed by atoms with Crippen molar-refractivity contribution in [2.75, 3.05) is 17.2 Å². The molecule has 0 aromatic heterocycles. The molecule has 0 heterocycles. The average molecular weight is 719 g/mol. The highest BCUT2D eigenvalue weighted by atomic mass is 35.5. The number of thiocarbonyl (C=S) groups is 2. The van der Waals surface area contributed by atoms with Gasteiger partial charge in [0.1, 0.15) is 0 Å². The van der Waals surface area contributed by atoms with Crippen LogP contribution in [0.5, 0.6) is 11.5 Å². The van der Waals surface area contributed by atoms with Crippen LogP contribution in [0.2, 0.25) is 20.1 Å². The lowest BCUT2D eigenvalue weighted by Crippen LogP contribution is -2.47. The van der Waals surface area contributed by atoms with E-state index in [-0.39, 0.29) is 32.5 Å². The number of hydrogen-bond donors (Lipinski definition) is 6. The number of phenols is 2. The van der Waals surface area contributed by atoms with E-state index in [0.29, 0.717) is 49.3 Å². The minimum absolute atomic E-state index is 0.0543. The zero-order valence-electron chi connectivity index (χ0n) is 25.9. The second kappa shape index (κ2) is 16.4. The highest BCUT2D eigenvalue weighted by Gasteiger charge is 2.26. The summed E-state index contributed by atoms with van der Waals surface area (Å²) in [5.41, 5.74) is 3.26. The first kappa shape index (κ1) is 38.0. The third kappa shape index (κ3) is 12.0. The molecule has 0 aliphatic carbocycles. The van der Waals surface area contributed by atoms with Crippen molar-refractivity contribution < 1.29 is 10.2 Å². The molecular formula is C32H40Cl4N4O2S2. The van der Waals surface area contributed by atoms with Gasteiger partial charge in [-0.1, -0.05) is 97.5 Å². The number of aromatic hydroxyl groups is 2. The summed E-state index contributed by atoms with van der Waals surface area (Å²) < 4.78 is 0. The Hall–Kier alpha value is -2.20. The Bertz CT molecular complexity index is 1480. The molecule has 12 heteroatoms. The van der Waals surface area contributed by atoms with Gasteiger partial charge in [0.25, 0.3) is 0 Å². The van der Waals surface area contributed by atoms with Crippen molar-refractivity contribution in [3.63, 3.8) is 0 Å². The normalized spacial score (nSPS) is 11.2. The molecule has 0 amide bonds. The molecule has 0 aliphatic rings. The fourth-order valence-corrected chi connectivity index (χ4v) is 6.07. The van der Waals surface area contributed by atoms with E-state index in [9.17, 15) is 10.2 Å². The van der Waals surface area contributed by atoms with Gasteiger partial charge in [-0.05, 0) is 99.2 Å². The van der Waals surface area contributed by atoms with Gasteiger partial charge in [-0.15, -0.1) is 0 Å². The van der Waals surface area contributed by atoms with Gasteiger partial charge in [0.15, 0.2) is 21.7 Å². The molecule has 3 aromatic carbocycles. The predicted molar refractivity (Wildman–Crippen MR) is 198 cm³/mol. The van der Waals surface area contributed by atoms with Gasteiger partial charge in [0.05, 0.1) is 21.4 Å². The minimum Gasteiger partial charge on any atom is -0.504 e. The van der Waals surface area contributed by atoms with Crippen LogP contribution in [-0.4, -0.2) is 32.5 Å². The molecule has 0 saturated heterocycles. The van der Waals surface area contributed by atoms with Gasteiger partial charge in [-0.2, -0.15) is 0 Å². The summed E-state index contributed by atoms with van der Waals surface area (Å²) in [5, 5.41) is 34.5. The van der Waals surface area contributed by atoms with Crippen molar-refractivity contribution in [2.24, 2.45) is 5.41 Å². The maximum absolute atomic E-state index is 10.1. The second-order valence-corrected chi connectivity index (χ2v) is 14.6. The Morgan fingerprint density at radius 3 is 1.66 bits per heavy atom. The first-order valence-corrected chi connectivity index (χ1v) is 16.2. The van der Waals surface area contributed by atoms with E-state index in [0.717, 1.165) is 12.8 Å². The Morgan fingerprint density at radius 2 is 1.20 bits per heavy atom. The number of rotatable bonds is 7. The molecule has 6 N–H and O–H groups in total. The van der Waals surface area contributed by atoms with Crippen molar-refractivity contribution in [2.45, 2.75) is 66.8 Å². The SMILES string of the molecule is Cc1c(Cl)cc(NC(=S)NC(C)(C)CC(C)(C)C)c(O)c1Cl.Cc1c(Cl)cc(NC(=S)NCCc2ccccc2)c(O)c1Cl. The molecule has 0 spiro atoms. The fourth-order valence-electron chi connectivity index (χ4n) is 4.56. The summed E-state index contributed by atoms with van der Waals surface area (Å²) >= 11 is 34.8. The van der Waals surface area contributed by atoms with Crippen molar-refractivity contribution in [1.29, 1.82) is 0 Å². The molecule has 0 saturated carbocycles. The largest absolute Gasteiger partial charge is 0.504 e. The van der Waals surface area contributed by atoms with Crippen LogP contribution < -0.4 is 21.3 Å². The highest BCUT2D eigenvalue weighted by molar-refractivity contribution is 7.80. The zero-order valence-corrected chi connectivity index (χ0v) is 30.5. The smallest absolute Gasteiger partial charge is 0.171 e. The van der Waals surface area contributed by atoms with E-state index in [2.05, 4.69) is 68.0 Å². The lowest BCUT2D eigenvalue weighted by atomic mass is 9.82. The molecule has 0 fully saturated rings. The Balaban J connectivity index is 0.000000307. The molecule has 3 aromatic rings. The van der Waals surface area contributed by atoms with Crippen LogP contribution >= 0.6 is 70.8 Å². The number of halogens is 4. The van der Waals surface area contributed by atoms with Gasteiger partial charge in [-0.25, -0.2) is 0 Å². The van der Waals surface area contributed by atoms with Gasteiger partial charge < -0.3 is 31.5 Å². The number of nitrogens with one attached hydrogen (secondary N) is 4. The van der Waals surface area contributed by atoms with Crippen LogP contribution in [0.25, 0.3) is 0 Å². The maximum atomic E-state index is 10.1. The quantitative estimate of drug-likeness (QED) is 0.106. The van der Waals surface area contributed by atoms with E-state index in [4.69, 9.17) is 70.8 Å². The zero-order chi connectivity index (χ0) is 33.4. The monoisotopic (exact) mass is 716 g/mol. The summed E-state index contributed by atoms with van der Waals surface area (Å²) in [6, 6.07) is 13.3. The third-order valence-corrected chi connectivity index (χ3v) is 8.47. The summed E-state index contributed by atoms with van der Waals surface area (Å²) in [4.78, 5) is 0. The summed E-state index contributed by atoms with van der Waals surface area (Å²) in [6.45, 7) is 14.9. The third-order valence-electron chi connectivity index (χ3n) is 6.31. The van der Waals surface area contributed by atoms with Gasteiger partial charge in [0, 0.05) is 22.1 Å². The number of hydrogen-bond acceptors (Lipinski definition) is 4. The van der Waals surface area contributed by atoms with E-state index >= 15 is 0 Å². The molecule has 0 bridgehead atoms. The number of anilines is 2. The van der Waals surface area contributed by atoms with Gasteiger partial charge >= 0.3 is 0 Å². The van der Waals surface area contributed by atoms with Crippen LogP contribution in [0.3, 0.4) is 0 Å². The molecule has 0 unspecified atom stereocenters. The van der Waals surface area contributed by atoms with Crippen LogP contribution in [0, 0.1) is 19.3 Å². The summed E-state index contributed by atoms with van der Waals surface area (Å²) in [7, 11) is 0. The number of phenolic OH excluding ortho intramolecular Hbond substituents is 2. The summed E-state index contributed by atoms with van der Waals surface area (Å²) in [6.07, 6.45) is 1.78. The molecule has 0 atom stereocenters. The lowest BCUT2D eigenvalue weighted by molar-refractivity contribution is 0.268. The molecule has 240 valence electrons. The average Bonchev–Trinajstić information content (AvgIpc) is 2.91. The van der Waals surface area contributed by atoms with Crippen LogP contribution in [0.15, 0.2) is 42.5 Å². The van der Waals surface area contributed by atoms with Crippen LogP contribution in [0.4, 0.5) is 11.4 Å². The van der Waals surface area contributed by atoms with E-state index in [1.807, 2.05) is 18.2 Å². The van der Waals surface area contributed by atoms with Crippen LogP contribution in [-0.2, 0) is 6.42 Å². The molecule has 44 heavy (non-hydrogen) atoms. The Labute approximate surface area is 291 Å². The van der Waals surface area contributed by atoms with Crippen molar-refractivity contribution in [3.8, 4) is 11.5 Å². The predicted octanol–water partition coefficient (Wildman–Crippen LogP) is 10.0. The fraction of sp³-hybridized carbons (Fsp3) is 0.375. The van der Waals surface area contributed by atoms with E-state index in [1.54, 1.807) is 26.0 Å². The van der Waals surface area contributed by atoms with E-state index < -0.39 is 0 Å². The van der Waals surface area contributed by atoms with E-state index in [1.165, 1.54) is 5.56 Å². The first-order valence-electron chi connectivity index (χ1n) is 13.8. The van der Waals surface area contributed by atoms with Crippen molar-refractivity contribution in [3.05, 3.63) is 79.2 Å². The lowest BCUT2D eigenvalue weighted by Gasteiger charge is -2.34. The van der Waals surface area contributed by atoms with Gasteiger partial charge in [0.2, 0.25) is 0 Å². The van der Waals surface area contributed by atoms with Crippen molar-refractivity contribution in [1.82, 2.24) is 10.6 Å². The molecule has 6 nitrogen and oxygen atoms in total. The second-order valence-electron chi connectivity index (χ2n) is 12.2. The molecular weight excluding hydrogens is 678 g/mol. The molecule has 0 radical (unpaired) electrons. The minimum atomic E-state index is -0.184.